The van der Waals surface area contributed by atoms with Crippen molar-refractivity contribution in [2.24, 2.45) is 7.05 Å². The van der Waals surface area contributed by atoms with Crippen LogP contribution in [0, 0.1) is 6.92 Å². The van der Waals surface area contributed by atoms with Crippen LogP contribution >= 0.6 is 11.8 Å². The van der Waals surface area contributed by atoms with Crippen molar-refractivity contribution >= 4 is 11.8 Å². The van der Waals surface area contributed by atoms with Crippen molar-refractivity contribution in [3.05, 3.63) is 29.7 Å². The molecule has 0 saturated heterocycles. The van der Waals surface area contributed by atoms with Gasteiger partial charge in [-0.2, -0.15) is 0 Å². The summed E-state index contributed by atoms with van der Waals surface area (Å²) in [5.74, 6) is 0.900. The van der Waals surface area contributed by atoms with Gasteiger partial charge < -0.3 is 9.88 Å². The van der Waals surface area contributed by atoms with Crippen LogP contribution in [0.5, 0.6) is 0 Å². The highest BCUT2D eigenvalue weighted by atomic mass is 32.2. The first kappa shape index (κ1) is 13.0. The Bertz CT molecular complexity index is 537. The van der Waals surface area contributed by atoms with E-state index in [-0.39, 0.29) is 0 Å². The average Bonchev–Trinajstić information content (AvgIpc) is 2.70. The van der Waals surface area contributed by atoms with Crippen LogP contribution < -0.4 is 5.32 Å². The molecule has 1 N–H and O–H groups in total. The standard InChI is InChI=1S/C12H17N5S/c1-8(13-3)10-5-6-14-11(7-10)18-12-16-15-9(2)17(12)4/h5-8,13H,1-4H3. The van der Waals surface area contributed by atoms with Crippen molar-refractivity contribution in [2.45, 2.75) is 30.1 Å². The zero-order valence-electron chi connectivity index (χ0n) is 11.0. The molecule has 18 heavy (non-hydrogen) atoms. The highest BCUT2D eigenvalue weighted by Crippen LogP contribution is 2.26. The highest BCUT2D eigenvalue weighted by Gasteiger charge is 2.09. The molecular formula is C12H17N5S. The van der Waals surface area contributed by atoms with Gasteiger partial charge in [0.2, 0.25) is 0 Å². The maximum Gasteiger partial charge on any atom is 0.197 e. The van der Waals surface area contributed by atoms with Crippen molar-refractivity contribution < 1.29 is 0 Å². The Balaban J connectivity index is 2.22. The van der Waals surface area contributed by atoms with E-state index in [1.165, 1.54) is 17.3 Å². The lowest BCUT2D eigenvalue weighted by Crippen LogP contribution is -2.12. The number of nitrogens with zero attached hydrogens (tertiary/aromatic N) is 4. The molecule has 0 bridgehead atoms. The number of rotatable bonds is 4. The third-order valence-corrected chi connectivity index (χ3v) is 3.91. The molecule has 2 heterocycles. The zero-order chi connectivity index (χ0) is 13.1. The van der Waals surface area contributed by atoms with Gasteiger partial charge in [0.05, 0.1) is 0 Å². The summed E-state index contributed by atoms with van der Waals surface area (Å²) in [4.78, 5) is 4.36. The Morgan fingerprint density at radius 3 is 2.78 bits per heavy atom. The molecule has 0 aromatic carbocycles. The lowest BCUT2D eigenvalue weighted by Gasteiger charge is -2.11. The molecule has 2 aromatic heterocycles. The fraction of sp³-hybridized carbons (Fsp3) is 0.417. The molecule has 0 amide bonds. The summed E-state index contributed by atoms with van der Waals surface area (Å²) in [5.41, 5.74) is 1.22. The minimum Gasteiger partial charge on any atom is -0.313 e. The van der Waals surface area contributed by atoms with Gasteiger partial charge in [0.15, 0.2) is 5.16 Å². The summed E-state index contributed by atoms with van der Waals surface area (Å²) in [5, 5.41) is 13.2. The number of nitrogens with one attached hydrogen (secondary N) is 1. The van der Waals surface area contributed by atoms with Crippen LogP contribution in [0.2, 0.25) is 0 Å². The van der Waals surface area contributed by atoms with Crippen molar-refractivity contribution in [1.82, 2.24) is 25.1 Å². The fourth-order valence-electron chi connectivity index (χ4n) is 1.49. The van der Waals surface area contributed by atoms with E-state index in [4.69, 9.17) is 0 Å². The van der Waals surface area contributed by atoms with E-state index < -0.39 is 0 Å². The van der Waals surface area contributed by atoms with Gasteiger partial charge in [-0.3, -0.25) is 0 Å². The van der Waals surface area contributed by atoms with Gasteiger partial charge in [0.1, 0.15) is 10.9 Å². The Morgan fingerprint density at radius 1 is 1.39 bits per heavy atom. The Morgan fingerprint density at radius 2 is 2.17 bits per heavy atom. The van der Waals surface area contributed by atoms with Crippen molar-refractivity contribution in [3.8, 4) is 0 Å². The molecule has 2 rings (SSSR count). The third-order valence-electron chi connectivity index (χ3n) is 2.94. The second kappa shape index (κ2) is 5.49. The molecule has 1 unspecified atom stereocenters. The van der Waals surface area contributed by atoms with Crippen molar-refractivity contribution in [1.29, 1.82) is 0 Å². The molecule has 2 aromatic rings. The van der Waals surface area contributed by atoms with E-state index in [9.17, 15) is 0 Å². The quantitative estimate of drug-likeness (QED) is 0.913. The summed E-state index contributed by atoms with van der Waals surface area (Å²) in [6.45, 7) is 4.06. The summed E-state index contributed by atoms with van der Waals surface area (Å²) in [7, 11) is 3.90. The number of aryl methyl sites for hydroxylation is 1. The monoisotopic (exact) mass is 263 g/mol. The summed E-state index contributed by atoms with van der Waals surface area (Å²) >= 11 is 1.53. The molecule has 6 heteroatoms. The van der Waals surface area contributed by atoms with Gasteiger partial charge in [0.25, 0.3) is 0 Å². The first-order valence-electron chi connectivity index (χ1n) is 5.79. The van der Waals surface area contributed by atoms with E-state index in [0.29, 0.717) is 6.04 Å². The van der Waals surface area contributed by atoms with Crippen LogP contribution in [-0.4, -0.2) is 26.8 Å². The SMILES string of the molecule is CNC(C)c1ccnc(Sc2nnc(C)n2C)c1. The zero-order valence-corrected chi connectivity index (χ0v) is 11.8. The molecule has 0 aliphatic heterocycles. The highest BCUT2D eigenvalue weighted by molar-refractivity contribution is 7.99. The lowest BCUT2D eigenvalue weighted by atomic mass is 10.1. The predicted molar refractivity (Wildman–Crippen MR) is 71.6 cm³/mol. The van der Waals surface area contributed by atoms with E-state index in [2.05, 4.69) is 33.5 Å². The molecule has 0 saturated carbocycles. The number of aromatic nitrogens is 4. The van der Waals surface area contributed by atoms with Crippen molar-refractivity contribution in [3.63, 3.8) is 0 Å². The number of pyridine rings is 1. The molecule has 96 valence electrons. The number of hydrogen-bond donors (Lipinski definition) is 1. The Hall–Kier alpha value is -1.40. The van der Waals surface area contributed by atoms with Gasteiger partial charge in [-0.1, -0.05) is 0 Å². The Labute approximate surface area is 111 Å². The van der Waals surface area contributed by atoms with Gasteiger partial charge >= 0.3 is 0 Å². The second-order valence-electron chi connectivity index (χ2n) is 4.13. The largest absolute Gasteiger partial charge is 0.313 e. The summed E-state index contributed by atoms with van der Waals surface area (Å²) in [6.07, 6.45) is 1.83. The minimum absolute atomic E-state index is 0.314. The maximum atomic E-state index is 4.36. The second-order valence-corrected chi connectivity index (χ2v) is 5.12. The van der Waals surface area contributed by atoms with E-state index in [1.807, 2.05) is 37.8 Å². The van der Waals surface area contributed by atoms with E-state index in [0.717, 1.165) is 16.0 Å². The normalized spacial score (nSPS) is 12.7. The fourth-order valence-corrected chi connectivity index (χ4v) is 2.33. The minimum atomic E-state index is 0.314. The first-order valence-corrected chi connectivity index (χ1v) is 6.60. The van der Waals surface area contributed by atoms with E-state index in [1.54, 1.807) is 0 Å². The molecule has 1 atom stereocenters. The van der Waals surface area contributed by atoms with Gasteiger partial charge in [-0.15, -0.1) is 10.2 Å². The van der Waals surface area contributed by atoms with Crippen LogP contribution in [0.3, 0.4) is 0 Å². The number of hydrogen-bond acceptors (Lipinski definition) is 5. The molecule has 5 nitrogen and oxygen atoms in total. The maximum absolute atomic E-state index is 4.36. The van der Waals surface area contributed by atoms with Gasteiger partial charge in [0, 0.05) is 19.3 Å². The summed E-state index contributed by atoms with van der Waals surface area (Å²) in [6, 6.07) is 4.41. The lowest BCUT2D eigenvalue weighted by molar-refractivity contribution is 0.649. The van der Waals surface area contributed by atoms with Crippen LogP contribution in [0.25, 0.3) is 0 Å². The van der Waals surface area contributed by atoms with Crippen LogP contribution in [-0.2, 0) is 7.05 Å². The van der Waals surface area contributed by atoms with Crippen LogP contribution in [0.1, 0.15) is 24.4 Å². The van der Waals surface area contributed by atoms with Crippen molar-refractivity contribution in [2.75, 3.05) is 7.05 Å². The average molecular weight is 263 g/mol. The molecule has 0 aliphatic rings. The van der Waals surface area contributed by atoms with Crippen LogP contribution in [0.4, 0.5) is 0 Å². The van der Waals surface area contributed by atoms with E-state index >= 15 is 0 Å². The smallest absolute Gasteiger partial charge is 0.197 e. The molecule has 0 radical (unpaired) electrons. The first-order chi connectivity index (χ1) is 8.61. The molecular weight excluding hydrogens is 246 g/mol. The van der Waals surface area contributed by atoms with Gasteiger partial charge in [-0.05, 0) is 50.4 Å². The molecule has 0 fully saturated rings. The van der Waals surface area contributed by atoms with Gasteiger partial charge in [-0.25, -0.2) is 4.98 Å². The topological polar surface area (TPSA) is 55.6 Å². The molecule has 0 spiro atoms. The summed E-state index contributed by atoms with van der Waals surface area (Å²) < 4.78 is 1.96. The predicted octanol–water partition coefficient (Wildman–Crippen LogP) is 1.95. The third kappa shape index (κ3) is 2.70. The van der Waals surface area contributed by atoms with Crippen LogP contribution in [0.15, 0.2) is 28.5 Å². The Kier molecular flexibility index (Phi) is 3.98. The molecule has 0 aliphatic carbocycles.